The fourth-order valence-corrected chi connectivity index (χ4v) is 1.68. The first kappa shape index (κ1) is 10.6. The van der Waals surface area contributed by atoms with Crippen LogP contribution in [0.25, 0.3) is 22.2 Å². The maximum atomic E-state index is 13.1. The summed E-state index contributed by atoms with van der Waals surface area (Å²) in [6.07, 6.45) is 1.49. The Bertz CT molecular complexity index is 739. The van der Waals surface area contributed by atoms with E-state index in [1.165, 1.54) is 12.3 Å². The minimum absolute atomic E-state index is 0.210. The Morgan fingerprint density at radius 1 is 1.06 bits per heavy atom. The molecule has 3 aromatic rings. The van der Waals surface area contributed by atoms with Crippen LogP contribution in [0.1, 0.15) is 0 Å². The molecule has 3 rings (SSSR count). The number of nitrogens with two attached hydrogens (primary N) is 1. The summed E-state index contributed by atoms with van der Waals surface area (Å²) in [5, 5.41) is 4.11. The summed E-state index contributed by atoms with van der Waals surface area (Å²) in [4.78, 5) is 4.01. The van der Waals surface area contributed by atoms with Crippen molar-refractivity contribution in [2.75, 3.05) is 5.73 Å². The quantitative estimate of drug-likeness (QED) is 0.718. The number of fused-ring (bicyclic) bond motifs is 1. The van der Waals surface area contributed by atoms with Crippen LogP contribution in [0.2, 0.25) is 0 Å². The zero-order valence-corrected chi connectivity index (χ0v) is 9.02. The van der Waals surface area contributed by atoms with Gasteiger partial charge in [-0.2, -0.15) is 0 Å². The zero-order valence-electron chi connectivity index (χ0n) is 9.02. The summed E-state index contributed by atoms with van der Waals surface area (Å²) in [6.45, 7) is 0. The maximum Gasteiger partial charge on any atom is 0.259 e. The fourth-order valence-electron chi connectivity index (χ4n) is 1.68. The topological polar surface area (TPSA) is 64.9 Å². The van der Waals surface area contributed by atoms with Crippen molar-refractivity contribution in [2.24, 2.45) is 0 Å². The third kappa shape index (κ3) is 1.58. The van der Waals surface area contributed by atoms with Crippen LogP contribution < -0.4 is 5.73 Å². The number of aromatic nitrogens is 2. The molecule has 0 radical (unpaired) electrons. The lowest BCUT2D eigenvalue weighted by atomic mass is 10.1. The van der Waals surface area contributed by atoms with Crippen LogP contribution in [0.4, 0.5) is 14.6 Å². The highest BCUT2D eigenvalue weighted by Gasteiger charge is 2.10. The highest BCUT2D eigenvalue weighted by molar-refractivity contribution is 5.87. The van der Waals surface area contributed by atoms with Crippen molar-refractivity contribution in [1.82, 2.24) is 10.1 Å². The van der Waals surface area contributed by atoms with E-state index in [0.29, 0.717) is 22.2 Å². The van der Waals surface area contributed by atoms with E-state index >= 15 is 0 Å². The molecule has 2 aromatic heterocycles. The molecule has 18 heavy (non-hydrogen) atoms. The van der Waals surface area contributed by atoms with E-state index in [4.69, 9.17) is 10.3 Å². The number of hydrogen-bond donors (Lipinski definition) is 1. The van der Waals surface area contributed by atoms with Gasteiger partial charge < -0.3 is 10.3 Å². The third-order valence-corrected chi connectivity index (χ3v) is 2.61. The van der Waals surface area contributed by atoms with Gasteiger partial charge in [-0.15, -0.1) is 0 Å². The van der Waals surface area contributed by atoms with Gasteiger partial charge in [0, 0.05) is 11.8 Å². The molecule has 90 valence electrons. The number of anilines is 1. The van der Waals surface area contributed by atoms with Crippen LogP contribution in [0.15, 0.2) is 35.0 Å². The van der Waals surface area contributed by atoms with Crippen molar-refractivity contribution in [3.05, 3.63) is 42.1 Å². The Balaban J connectivity index is 2.18. The Morgan fingerprint density at radius 2 is 1.89 bits per heavy atom. The normalized spacial score (nSPS) is 11.0. The fraction of sp³-hybridized carbons (Fsp3) is 0. The predicted octanol–water partition coefficient (Wildman–Crippen LogP) is 2.75. The number of nitrogens with zero attached hydrogens (tertiary/aromatic N) is 2. The molecule has 0 saturated heterocycles. The van der Waals surface area contributed by atoms with E-state index in [1.54, 1.807) is 6.07 Å². The first-order valence-electron chi connectivity index (χ1n) is 5.11. The lowest BCUT2D eigenvalue weighted by molar-refractivity contribution is 0.452. The van der Waals surface area contributed by atoms with Gasteiger partial charge in [0.25, 0.3) is 5.71 Å². The molecule has 4 nitrogen and oxygen atoms in total. The van der Waals surface area contributed by atoms with Crippen molar-refractivity contribution in [2.45, 2.75) is 0 Å². The number of rotatable bonds is 1. The Morgan fingerprint density at radius 3 is 2.67 bits per heavy atom. The average Bonchev–Trinajstić information content (AvgIpc) is 2.74. The van der Waals surface area contributed by atoms with E-state index in [2.05, 4.69) is 10.1 Å². The second-order valence-corrected chi connectivity index (χ2v) is 3.77. The number of hydrogen-bond acceptors (Lipinski definition) is 4. The maximum absolute atomic E-state index is 13.1. The molecule has 0 unspecified atom stereocenters. The number of nitrogen functional groups attached to an aromatic ring is 1. The van der Waals surface area contributed by atoms with Crippen molar-refractivity contribution < 1.29 is 13.3 Å². The Kier molecular flexibility index (Phi) is 2.22. The molecule has 0 atom stereocenters. The summed E-state index contributed by atoms with van der Waals surface area (Å²) in [7, 11) is 0. The van der Waals surface area contributed by atoms with Gasteiger partial charge in [0.15, 0.2) is 17.5 Å². The molecular weight excluding hydrogens is 240 g/mol. The van der Waals surface area contributed by atoms with E-state index in [-0.39, 0.29) is 5.82 Å². The van der Waals surface area contributed by atoms with Gasteiger partial charge in [-0.05, 0) is 23.8 Å². The highest BCUT2D eigenvalue weighted by Crippen LogP contribution is 2.26. The lowest BCUT2D eigenvalue weighted by Crippen LogP contribution is -1.88. The summed E-state index contributed by atoms with van der Waals surface area (Å²) < 4.78 is 30.9. The number of halogens is 2. The van der Waals surface area contributed by atoms with Crippen molar-refractivity contribution in [3.63, 3.8) is 0 Å². The van der Waals surface area contributed by atoms with E-state index in [9.17, 15) is 8.78 Å². The molecular formula is C12H7F2N3O. The van der Waals surface area contributed by atoms with Crippen LogP contribution >= 0.6 is 0 Å². The standard InChI is InChI=1S/C12H7F2N3O/c13-9-2-1-6(4-10(9)14)7-3-8-11(15)17-18-12(8)16-5-7/h1-5H,(H2,15,17). The molecule has 0 aliphatic heterocycles. The molecule has 0 amide bonds. The molecule has 2 heterocycles. The smallest absolute Gasteiger partial charge is 0.259 e. The molecule has 0 saturated carbocycles. The largest absolute Gasteiger partial charge is 0.380 e. The van der Waals surface area contributed by atoms with E-state index < -0.39 is 11.6 Å². The summed E-state index contributed by atoms with van der Waals surface area (Å²) >= 11 is 0. The molecule has 0 bridgehead atoms. The molecule has 1 aromatic carbocycles. The third-order valence-electron chi connectivity index (χ3n) is 2.61. The van der Waals surface area contributed by atoms with Gasteiger partial charge in [-0.1, -0.05) is 11.2 Å². The van der Waals surface area contributed by atoms with E-state index in [0.717, 1.165) is 12.1 Å². The van der Waals surface area contributed by atoms with Crippen molar-refractivity contribution >= 4 is 16.9 Å². The highest BCUT2D eigenvalue weighted by atomic mass is 19.2. The van der Waals surface area contributed by atoms with Crippen LogP contribution in [0.5, 0.6) is 0 Å². The molecule has 0 fully saturated rings. The Labute approximate surface area is 100 Å². The number of benzene rings is 1. The zero-order chi connectivity index (χ0) is 12.7. The first-order valence-corrected chi connectivity index (χ1v) is 5.11. The van der Waals surface area contributed by atoms with Gasteiger partial charge in [0.2, 0.25) is 0 Å². The minimum Gasteiger partial charge on any atom is -0.380 e. The minimum atomic E-state index is -0.911. The van der Waals surface area contributed by atoms with Crippen LogP contribution in [-0.4, -0.2) is 10.1 Å². The summed E-state index contributed by atoms with van der Waals surface area (Å²) in [5.74, 6) is -1.59. The van der Waals surface area contributed by atoms with Crippen LogP contribution in [-0.2, 0) is 0 Å². The predicted molar refractivity (Wildman–Crippen MR) is 61.6 cm³/mol. The van der Waals surface area contributed by atoms with E-state index in [1.807, 2.05) is 0 Å². The van der Waals surface area contributed by atoms with Gasteiger partial charge in [-0.3, -0.25) is 0 Å². The Hall–Kier alpha value is -2.50. The van der Waals surface area contributed by atoms with Gasteiger partial charge in [0.05, 0.1) is 5.39 Å². The van der Waals surface area contributed by atoms with Crippen molar-refractivity contribution in [1.29, 1.82) is 0 Å². The molecule has 0 spiro atoms. The van der Waals surface area contributed by atoms with Gasteiger partial charge in [0.1, 0.15) is 0 Å². The summed E-state index contributed by atoms with van der Waals surface area (Å²) in [5.41, 5.74) is 7.01. The second-order valence-electron chi connectivity index (χ2n) is 3.77. The van der Waals surface area contributed by atoms with Gasteiger partial charge >= 0.3 is 0 Å². The van der Waals surface area contributed by atoms with Crippen molar-refractivity contribution in [3.8, 4) is 11.1 Å². The monoisotopic (exact) mass is 247 g/mol. The summed E-state index contributed by atoms with van der Waals surface area (Å²) in [6, 6.07) is 5.29. The van der Waals surface area contributed by atoms with Crippen LogP contribution in [0, 0.1) is 11.6 Å². The number of pyridine rings is 1. The first-order chi connectivity index (χ1) is 8.65. The molecule has 6 heteroatoms. The molecule has 0 aliphatic carbocycles. The second kappa shape index (κ2) is 3.76. The van der Waals surface area contributed by atoms with Gasteiger partial charge in [-0.25, -0.2) is 13.8 Å². The lowest BCUT2D eigenvalue weighted by Gasteiger charge is -2.01. The SMILES string of the molecule is Nc1noc2ncc(-c3ccc(F)c(F)c3)cc12. The molecule has 2 N–H and O–H groups in total. The average molecular weight is 247 g/mol. The molecule has 0 aliphatic rings. The van der Waals surface area contributed by atoms with Crippen LogP contribution in [0.3, 0.4) is 0 Å².